The first-order valence-corrected chi connectivity index (χ1v) is 9.73. The molecule has 3 rings (SSSR count). The van der Waals surface area contributed by atoms with Crippen LogP contribution in [0.1, 0.15) is 29.8 Å². The highest BCUT2D eigenvalue weighted by Crippen LogP contribution is 2.16. The Morgan fingerprint density at radius 3 is 2.57 bits per heavy atom. The Morgan fingerprint density at radius 2 is 1.93 bits per heavy atom. The molecule has 0 aromatic heterocycles. The van der Waals surface area contributed by atoms with Gasteiger partial charge in [-0.15, -0.1) is 0 Å². The van der Waals surface area contributed by atoms with Crippen molar-refractivity contribution in [3.8, 4) is 0 Å². The van der Waals surface area contributed by atoms with E-state index in [1.54, 1.807) is 24.3 Å². The van der Waals surface area contributed by atoms with E-state index in [-0.39, 0.29) is 30.9 Å². The second kappa shape index (κ2) is 9.16. The Balaban J connectivity index is 1.67. The van der Waals surface area contributed by atoms with Crippen LogP contribution in [0.4, 0.5) is 4.79 Å². The summed E-state index contributed by atoms with van der Waals surface area (Å²) < 4.78 is 5.43. The van der Waals surface area contributed by atoms with Crippen LogP contribution >= 0.6 is 0 Å². The van der Waals surface area contributed by atoms with Gasteiger partial charge < -0.3 is 15.4 Å². The molecule has 4 amide bonds. The molecule has 152 valence electrons. The number of amides is 4. The van der Waals surface area contributed by atoms with Crippen molar-refractivity contribution in [3.05, 3.63) is 35.4 Å². The van der Waals surface area contributed by atoms with Crippen molar-refractivity contribution in [1.29, 1.82) is 0 Å². The Hall–Kier alpha value is -2.45. The number of urea groups is 1. The molecule has 2 saturated heterocycles. The van der Waals surface area contributed by atoms with Gasteiger partial charge in [0.25, 0.3) is 5.91 Å². The Labute approximate surface area is 165 Å². The molecule has 0 radical (unpaired) electrons. The van der Waals surface area contributed by atoms with Crippen molar-refractivity contribution in [2.24, 2.45) is 5.92 Å². The summed E-state index contributed by atoms with van der Waals surface area (Å²) in [7, 11) is 0. The van der Waals surface area contributed by atoms with Gasteiger partial charge in [-0.25, -0.2) is 4.79 Å². The summed E-state index contributed by atoms with van der Waals surface area (Å²) in [6.07, 6.45) is 0. The topological polar surface area (TPSA) is 91.0 Å². The van der Waals surface area contributed by atoms with Gasteiger partial charge in [0, 0.05) is 31.2 Å². The van der Waals surface area contributed by atoms with Crippen molar-refractivity contribution in [1.82, 2.24) is 20.4 Å². The molecule has 2 aliphatic heterocycles. The van der Waals surface area contributed by atoms with Crippen LogP contribution in [0, 0.1) is 5.92 Å². The number of ether oxygens (including phenoxy) is 1. The average molecular weight is 388 g/mol. The highest BCUT2D eigenvalue weighted by atomic mass is 16.5. The average Bonchev–Trinajstić information content (AvgIpc) is 3.01. The number of rotatable bonds is 7. The number of carbonyl (C=O) groups is 3. The summed E-state index contributed by atoms with van der Waals surface area (Å²) >= 11 is 0. The predicted molar refractivity (Wildman–Crippen MR) is 104 cm³/mol. The van der Waals surface area contributed by atoms with Crippen LogP contribution in [0.3, 0.4) is 0 Å². The van der Waals surface area contributed by atoms with Crippen LogP contribution in [-0.2, 0) is 16.1 Å². The van der Waals surface area contributed by atoms with Gasteiger partial charge in [-0.05, 0) is 17.5 Å². The molecule has 2 heterocycles. The standard InChI is InChI=1S/C20H28N4O4/c1-14(2)17(23-7-9-28-10-8-23)11-21-19(26)16-6-4-3-5-15(16)13-24-18(25)12-22-20(24)27/h3-6,14,17H,7-13H2,1-2H3,(H,21,26)(H,22,27)/t17-/m0/s1. The first-order valence-electron chi connectivity index (χ1n) is 9.73. The second-order valence-corrected chi connectivity index (χ2v) is 7.47. The maximum atomic E-state index is 12.9. The summed E-state index contributed by atoms with van der Waals surface area (Å²) in [4.78, 5) is 40.0. The number of benzene rings is 1. The maximum Gasteiger partial charge on any atom is 0.324 e. The minimum absolute atomic E-state index is 0.00279. The predicted octanol–water partition coefficient (Wildman–Crippen LogP) is 0.825. The SMILES string of the molecule is CC(C)[C@H](CNC(=O)c1ccccc1CN1C(=O)CNC1=O)N1CCOCC1. The lowest BCUT2D eigenvalue weighted by molar-refractivity contribution is -0.125. The van der Waals surface area contributed by atoms with Gasteiger partial charge in [-0.2, -0.15) is 0 Å². The third-order valence-corrected chi connectivity index (χ3v) is 5.28. The van der Waals surface area contributed by atoms with Gasteiger partial charge >= 0.3 is 6.03 Å². The number of imide groups is 1. The lowest BCUT2D eigenvalue weighted by atomic mass is 10.0. The first-order chi connectivity index (χ1) is 13.5. The molecule has 28 heavy (non-hydrogen) atoms. The minimum atomic E-state index is -0.424. The van der Waals surface area contributed by atoms with E-state index in [0.29, 0.717) is 36.8 Å². The Bertz CT molecular complexity index is 715. The summed E-state index contributed by atoms with van der Waals surface area (Å²) in [5, 5.41) is 5.54. The molecule has 0 saturated carbocycles. The van der Waals surface area contributed by atoms with Crippen LogP contribution < -0.4 is 10.6 Å². The number of hydrogen-bond acceptors (Lipinski definition) is 5. The molecule has 1 atom stereocenters. The Kier molecular flexibility index (Phi) is 6.64. The largest absolute Gasteiger partial charge is 0.379 e. The van der Waals surface area contributed by atoms with Crippen LogP contribution in [0.25, 0.3) is 0 Å². The van der Waals surface area contributed by atoms with Crippen LogP contribution in [0.5, 0.6) is 0 Å². The smallest absolute Gasteiger partial charge is 0.324 e. The van der Waals surface area contributed by atoms with Crippen molar-refractivity contribution in [2.45, 2.75) is 26.4 Å². The molecule has 2 N–H and O–H groups in total. The minimum Gasteiger partial charge on any atom is -0.379 e. The van der Waals surface area contributed by atoms with E-state index >= 15 is 0 Å². The fourth-order valence-electron chi connectivity index (χ4n) is 3.65. The normalized spacial score (nSPS) is 19.0. The number of hydrogen-bond donors (Lipinski definition) is 2. The third-order valence-electron chi connectivity index (χ3n) is 5.28. The molecule has 8 nitrogen and oxygen atoms in total. The molecule has 0 spiro atoms. The summed E-state index contributed by atoms with van der Waals surface area (Å²) in [5.41, 5.74) is 1.14. The van der Waals surface area contributed by atoms with E-state index in [2.05, 4.69) is 29.4 Å². The van der Waals surface area contributed by atoms with Gasteiger partial charge in [0.1, 0.15) is 0 Å². The molecule has 2 fully saturated rings. The quantitative estimate of drug-likeness (QED) is 0.675. The van der Waals surface area contributed by atoms with E-state index in [9.17, 15) is 14.4 Å². The second-order valence-electron chi connectivity index (χ2n) is 7.47. The molecule has 0 aliphatic carbocycles. The van der Waals surface area contributed by atoms with Gasteiger partial charge in [-0.1, -0.05) is 32.0 Å². The number of nitrogens with one attached hydrogen (secondary N) is 2. The number of carbonyl (C=O) groups excluding carboxylic acids is 3. The van der Waals surface area contributed by atoms with E-state index in [1.807, 2.05) is 0 Å². The van der Waals surface area contributed by atoms with Crippen molar-refractivity contribution in [2.75, 3.05) is 39.4 Å². The van der Waals surface area contributed by atoms with Gasteiger partial charge in [-0.3, -0.25) is 19.4 Å². The molecule has 2 aliphatic rings. The highest BCUT2D eigenvalue weighted by molar-refractivity contribution is 6.02. The van der Waals surface area contributed by atoms with Gasteiger partial charge in [0.2, 0.25) is 5.91 Å². The number of morpholine rings is 1. The lowest BCUT2D eigenvalue weighted by Crippen LogP contribution is -2.51. The zero-order valence-electron chi connectivity index (χ0n) is 16.4. The molecular weight excluding hydrogens is 360 g/mol. The van der Waals surface area contributed by atoms with Gasteiger partial charge in [0.15, 0.2) is 0 Å². The van der Waals surface area contributed by atoms with Crippen LogP contribution in [0.15, 0.2) is 24.3 Å². The van der Waals surface area contributed by atoms with E-state index < -0.39 is 6.03 Å². The summed E-state index contributed by atoms with van der Waals surface area (Å²) in [5.74, 6) is -0.0893. The van der Waals surface area contributed by atoms with Crippen molar-refractivity contribution < 1.29 is 19.1 Å². The zero-order chi connectivity index (χ0) is 20.1. The lowest BCUT2D eigenvalue weighted by Gasteiger charge is -2.37. The first kappa shape index (κ1) is 20.3. The van der Waals surface area contributed by atoms with E-state index in [4.69, 9.17) is 4.74 Å². The summed E-state index contributed by atoms with van der Waals surface area (Å²) in [6.45, 7) is 8.08. The van der Waals surface area contributed by atoms with Crippen LogP contribution in [-0.4, -0.2) is 73.1 Å². The van der Waals surface area contributed by atoms with Crippen LogP contribution in [0.2, 0.25) is 0 Å². The Morgan fingerprint density at radius 1 is 1.21 bits per heavy atom. The molecule has 8 heteroatoms. The molecule has 1 aromatic carbocycles. The molecule has 0 unspecified atom stereocenters. The molecular formula is C20H28N4O4. The molecule has 1 aromatic rings. The zero-order valence-corrected chi connectivity index (χ0v) is 16.4. The number of nitrogens with zero attached hydrogens (tertiary/aromatic N) is 2. The van der Waals surface area contributed by atoms with E-state index in [0.717, 1.165) is 18.0 Å². The van der Waals surface area contributed by atoms with Gasteiger partial charge in [0.05, 0.1) is 26.3 Å². The van der Waals surface area contributed by atoms with Crippen molar-refractivity contribution >= 4 is 17.8 Å². The highest BCUT2D eigenvalue weighted by Gasteiger charge is 2.30. The monoisotopic (exact) mass is 388 g/mol. The fourth-order valence-corrected chi connectivity index (χ4v) is 3.65. The van der Waals surface area contributed by atoms with Crippen molar-refractivity contribution in [3.63, 3.8) is 0 Å². The third kappa shape index (κ3) is 4.69. The fraction of sp³-hybridized carbons (Fsp3) is 0.550. The maximum absolute atomic E-state index is 12.9. The molecule has 0 bridgehead atoms. The summed E-state index contributed by atoms with van der Waals surface area (Å²) in [6, 6.07) is 6.89. The van der Waals surface area contributed by atoms with E-state index in [1.165, 1.54) is 0 Å².